The van der Waals surface area contributed by atoms with Crippen LogP contribution in [0.4, 0.5) is 5.69 Å². The zero-order valence-corrected chi connectivity index (χ0v) is 15.6. The lowest BCUT2D eigenvalue weighted by molar-refractivity contribution is -0.141. The van der Waals surface area contributed by atoms with Crippen LogP contribution in [0, 0.1) is 0 Å². The average Bonchev–Trinajstić information content (AvgIpc) is 2.51. The number of carbonyl (C=O) groups is 2. The van der Waals surface area contributed by atoms with E-state index >= 15 is 0 Å². The van der Waals surface area contributed by atoms with Gasteiger partial charge in [-0.05, 0) is 51.0 Å². The number of nitrogens with one attached hydrogen (secondary N) is 2. The number of benzene rings is 1. The molecule has 0 radical (unpaired) electrons. The highest BCUT2D eigenvalue weighted by Gasteiger charge is 2.23. The van der Waals surface area contributed by atoms with Crippen molar-refractivity contribution in [2.24, 2.45) is 0 Å². The Hall–Kier alpha value is -2.55. The van der Waals surface area contributed by atoms with Crippen molar-refractivity contribution in [3.05, 3.63) is 36.9 Å². The minimum atomic E-state index is -3.98. The first kappa shape index (κ1) is 21.5. The molecular weight excluding hydrogens is 360 g/mol. The number of carboxylic acids is 1. The number of sulfonamides is 1. The molecule has 0 aliphatic heterocycles. The summed E-state index contributed by atoms with van der Waals surface area (Å²) in [5.74, 6) is -2.41. The summed E-state index contributed by atoms with van der Waals surface area (Å²) < 4.78 is 31.9. The molecule has 0 bridgehead atoms. The number of allylic oxidation sites excluding steroid dienone is 1. The summed E-state index contributed by atoms with van der Waals surface area (Å²) in [6.07, 6.45) is 2.03. The number of carboxylic acid groups (broad SMARTS) is 1. The van der Waals surface area contributed by atoms with Crippen LogP contribution < -0.4 is 14.8 Å². The van der Waals surface area contributed by atoms with Crippen LogP contribution in [0.15, 0.2) is 36.9 Å². The van der Waals surface area contributed by atoms with E-state index in [1.165, 1.54) is 18.2 Å². The van der Waals surface area contributed by atoms with Gasteiger partial charge >= 0.3 is 5.97 Å². The molecule has 0 fully saturated rings. The van der Waals surface area contributed by atoms with E-state index in [-0.39, 0.29) is 18.2 Å². The average molecular weight is 384 g/mol. The third kappa shape index (κ3) is 8.02. The van der Waals surface area contributed by atoms with Gasteiger partial charge in [-0.2, -0.15) is 0 Å². The first-order valence-electron chi connectivity index (χ1n) is 8.03. The van der Waals surface area contributed by atoms with Crippen molar-refractivity contribution in [2.45, 2.75) is 38.8 Å². The Morgan fingerprint density at radius 1 is 1.27 bits per heavy atom. The maximum absolute atomic E-state index is 12.1. The Bertz CT molecular complexity index is 728. The fourth-order valence-corrected chi connectivity index (χ4v) is 3.04. The molecule has 1 aromatic rings. The lowest BCUT2D eigenvalue weighted by Crippen LogP contribution is -2.43. The molecule has 1 unspecified atom stereocenters. The van der Waals surface area contributed by atoms with Crippen LogP contribution in [0.1, 0.15) is 26.7 Å². The molecule has 0 saturated heterocycles. The van der Waals surface area contributed by atoms with E-state index in [1.807, 2.05) is 13.8 Å². The van der Waals surface area contributed by atoms with Crippen molar-refractivity contribution in [1.29, 1.82) is 0 Å². The molecule has 8 nitrogen and oxygen atoms in total. The quantitative estimate of drug-likeness (QED) is 0.500. The van der Waals surface area contributed by atoms with Crippen molar-refractivity contribution < 1.29 is 27.9 Å². The molecule has 0 heterocycles. The van der Waals surface area contributed by atoms with Gasteiger partial charge in [0, 0.05) is 5.69 Å². The number of amides is 1. The molecule has 3 N–H and O–H groups in total. The molecule has 144 valence electrons. The number of aliphatic carboxylic acids is 1. The second kappa shape index (κ2) is 9.81. The first-order valence-corrected chi connectivity index (χ1v) is 9.68. The van der Waals surface area contributed by atoms with Crippen LogP contribution in [0.2, 0.25) is 0 Å². The number of ether oxygens (including phenoxy) is 1. The molecule has 1 atom stereocenters. The maximum Gasteiger partial charge on any atom is 0.326 e. The number of hydrogen-bond donors (Lipinski definition) is 3. The van der Waals surface area contributed by atoms with Crippen LogP contribution in [0.5, 0.6) is 5.75 Å². The Morgan fingerprint density at radius 3 is 2.38 bits per heavy atom. The van der Waals surface area contributed by atoms with Gasteiger partial charge in [-0.1, -0.05) is 6.08 Å². The van der Waals surface area contributed by atoms with Crippen molar-refractivity contribution >= 4 is 27.6 Å². The lowest BCUT2D eigenvalue weighted by atomic mass is 10.1. The normalized spacial score (nSPS) is 12.3. The van der Waals surface area contributed by atoms with Gasteiger partial charge in [0.05, 0.1) is 6.10 Å². The standard InChI is InChI=1S/C17H24N2O6S/c1-4-5-6-15(17(21)22)18-16(20)11-26(23,24)19-13-7-9-14(10-8-13)25-12(2)3/h4,7-10,12,15,19H,1,5-6,11H2,2-3H3,(H,18,20)(H,21,22). The Kier molecular flexibility index (Phi) is 8.11. The van der Waals surface area contributed by atoms with E-state index in [9.17, 15) is 18.0 Å². The van der Waals surface area contributed by atoms with Crippen LogP contribution in [0.3, 0.4) is 0 Å². The predicted molar refractivity (Wildman–Crippen MR) is 98.6 cm³/mol. The van der Waals surface area contributed by atoms with E-state index in [2.05, 4.69) is 16.6 Å². The zero-order chi connectivity index (χ0) is 19.7. The highest BCUT2D eigenvalue weighted by molar-refractivity contribution is 7.93. The van der Waals surface area contributed by atoms with Gasteiger partial charge in [0.25, 0.3) is 0 Å². The molecular formula is C17H24N2O6S. The molecule has 9 heteroatoms. The molecule has 0 aliphatic rings. The van der Waals surface area contributed by atoms with Crippen molar-refractivity contribution in [3.63, 3.8) is 0 Å². The Balaban J connectivity index is 2.65. The highest BCUT2D eigenvalue weighted by Crippen LogP contribution is 2.17. The van der Waals surface area contributed by atoms with E-state index in [4.69, 9.17) is 9.84 Å². The predicted octanol–water partition coefficient (Wildman–Crippen LogP) is 1.75. The van der Waals surface area contributed by atoms with Crippen molar-refractivity contribution in [3.8, 4) is 5.75 Å². The van der Waals surface area contributed by atoms with Crippen LogP contribution in [-0.4, -0.2) is 43.3 Å². The third-order valence-corrected chi connectivity index (χ3v) is 4.30. The summed E-state index contributed by atoms with van der Waals surface area (Å²) in [6, 6.07) is 5.07. The lowest BCUT2D eigenvalue weighted by Gasteiger charge is -2.14. The minimum absolute atomic E-state index is 0.00971. The number of anilines is 1. The number of hydrogen-bond acceptors (Lipinski definition) is 5. The zero-order valence-electron chi connectivity index (χ0n) is 14.8. The van der Waals surface area contributed by atoms with Gasteiger partial charge in [0.15, 0.2) is 0 Å². The van der Waals surface area contributed by atoms with Gasteiger partial charge in [-0.3, -0.25) is 9.52 Å². The van der Waals surface area contributed by atoms with E-state index in [1.54, 1.807) is 12.1 Å². The van der Waals surface area contributed by atoms with Crippen molar-refractivity contribution in [1.82, 2.24) is 5.32 Å². The summed E-state index contributed by atoms with van der Waals surface area (Å²) in [5, 5.41) is 11.2. The van der Waals surface area contributed by atoms with Gasteiger partial charge in [-0.15, -0.1) is 6.58 Å². The summed E-state index contributed by atoms with van der Waals surface area (Å²) in [7, 11) is -3.98. The molecule has 0 aliphatic carbocycles. The van der Waals surface area contributed by atoms with E-state index < -0.39 is 33.7 Å². The van der Waals surface area contributed by atoms with E-state index in [0.29, 0.717) is 12.2 Å². The number of rotatable bonds is 11. The Labute approximate surface area is 153 Å². The van der Waals surface area contributed by atoms with Crippen LogP contribution >= 0.6 is 0 Å². The van der Waals surface area contributed by atoms with Crippen molar-refractivity contribution in [2.75, 3.05) is 10.5 Å². The van der Waals surface area contributed by atoms with Gasteiger partial charge in [0.2, 0.25) is 15.9 Å². The summed E-state index contributed by atoms with van der Waals surface area (Å²) in [6.45, 7) is 7.22. The van der Waals surface area contributed by atoms with Gasteiger partial charge in [0.1, 0.15) is 17.5 Å². The third-order valence-electron chi connectivity index (χ3n) is 3.11. The first-order chi connectivity index (χ1) is 12.1. The second-order valence-corrected chi connectivity index (χ2v) is 7.60. The molecule has 1 amide bonds. The topological polar surface area (TPSA) is 122 Å². The van der Waals surface area contributed by atoms with Crippen LogP contribution in [0.25, 0.3) is 0 Å². The summed E-state index contributed by atoms with van der Waals surface area (Å²) >= 11 is 0. The second-order valence-electron chi connectivity index (χ2n) is 5.88. The smallest absolute Gasteiger partial charge is 0.326 e. The molecule has 0 aromatic heterocycles. The maximum atomic E-state index is 12.1. The van der Waals surface area contributed by atoms with Gasteiger partial charge in [-0.25, -0.2) is 13.2 Å². The molecule has 1 aromatic carbocycles. The fourth-order valence-electron chi connectivity index (χ4n) is 2.04. The summed E-state index contributed by atoms with van der Waals surface area (Å²) in [4.78, 5) is 22.9. The summed E-state index contributed by atoms with van der Waals surface area (Å²) in [5.41, 5.74) is 0.273. The number of carbonyl (C=O) groups excluding carboxylic acids is 1. The molecule has 0 spiro atoms. The fraction of sp³-hybridized carbons (Fsp3) is 0.412. The van der Waals surface area contributed by atoms with Gasteiger partial charge < -0.3 is 15.2 Å². The minimum Gasteiger partial charge on any atom is -0.491 e. The molecule has 0 saturated carbocycles. The molecule has 1 rings (SSSR count). The Morgan fingerprint density at radius 2 is 1.88 bits per heavy atom. The molecule has 26 heavy (non-hydrogen) atoms. The van der Waals surface area contributed by atoms with Crippen LogP contribution in [-0.2, 0) is 19.6 Å². The van der Waals surface area contributed by atoms with E-state index in [0.717, 1.165) is 0 Å². The monoisotopic (exact) mass is 384 g/mol. The largest absolute Gasteiger partial charge is 0.491 e. The SMILES string of the molecule is C=CCCC(NC(=O)CS(=O)(=O)Nc1ccc(OC(C)C)cc1)C(=O)O. The highest BCUT2D eigenvalue weighted by atomic mass is 32.2.